The Bertz CT molecular complexity index is 979. The van der Waals surface area contributed by atoms with Gasteiger partial charge in [0.2, 0.25) is 10.9 Å². The molecular formula is C18H21N5O3S. The Morgan fingerprint density at radius 2 is 2.19 bits per heavy atom. The van der Waals surface area contributed by atoms with E-state index in [-0.39, 0.29) is 29.5 Å². The summed E-state index contributed by atoms with van der Waals surface area (Å²) < 4.78 is 1.17. The summed E-state index contributed by atoms with van der Waals surface area (Å²) in [5.41, 5.74) is -0.504. The summed E-state index contributed by atoms with van der Waals surface area (Å²) in [7, 11) is 0. The highest BCUT2D eigenvalue weighted by Crippen LogP contribution is 2.27. The van der Waals surface area contributed by atoms with Crippen molar-refractivity contribution in [2.45, 2.75) is 51.1 Å². The lowest BCUT2D eigenvalue weighted by molar-refractivity contribution is -0.124. The van der Waals surface area contributed by atoms with Crippen LogP contribution in [0.2, 0.25) is 0 Å². The van der Waals surface area contributed by atoms with E-state index in [1.54, 1.807) is 6.92 Å². The lowest BCUT2D eigenvalue weighted by Gasteiger charge is -2.38. The number of amides is 2. The van der Waals surface area contributed by atoms with Crippen LogP contribution < -0.4 is 16.2 Å². The number of carbonyl (C=O) groups is 2. The fourth-order valence-corrected chi connectivity index (χ4v) is 4.56. The third-order valence-corrected chi connectivity index (χ3v) is 6.05. The highest BCUT2D eigenvalue weighted by molar-refractivity contribution is 7.16. The minimum absolute atomic E-state index is 0.0150. The Morgan fingerprint density at radius 1 is 1.33 bits per heavy atom. The van der Waals surface area contributed by atoms with E-state index in [1.165, 1.54) is 22.0 Å². The van der Waals surface area contributed by atoms with E-state index in [1.807, 2.05) is 0 Å². The quantitative estimate of drug-likeness (QED) is 0.770. The van der Waals surface area contributed by atoms with Crippen LogP contribution in [0.5, 0.6) is 0 Å². The largest absolute Gasteiger partial charge is 0.351 e. The van der Waals surface area contributed by atoms with Crippen molar-refractivity contribution in [1.29, 1.82) is 0 Å². The second-order valence-corrected chi connectivity index (χ2v) is 8.21. The molecule has 142 valence electrons. The number of aromatic nitrogens is 3. The first-order valence-corrected chi connectivity index (χ1v) is 9.95. The first-order valence-electron chi connectivity index (χ1n) is 9.13. The van der Waals surface area contributed by atoms with Crippen LogP contribution in [0.4, 0.5) is 0 Å². The van der Waals surface area contributed by atoms with Gasteiger partial charge < -0.3 is 10.6 Å². The maximum Gasteiger partial charge on any atom is 0.288 e. The SMILES string of the molecule is Cc1nn2c(=O)c(C(=O)N[C@@H]3CCC(=O)N[C@H]3C3CC=CCC3)cnc2s1. The van der Waals surface area contributed by atoms with Crippen molar-refractivity contribution in [3.8, 4) is 0 Å². The molecule has 2 aliphatic rings. The van der Waals surface area contributed by atoms with Gasteiger partial charge in [-0.3, -0.25) is 14.4 Å². The molecule has 1 aliphatic heterocycles. The molecule has 3 heterocycles. The molecular weight excluding hydrogens is 366 g/mol. The molecule has 27 heavy (non-hydrogen) atoms. The van der Waals surface area contributed by atoms with Crippen molar-refractivity contribution in [2.24, 2.45) is 5.92 Å². The summed E-state index contributed by atoms with van der Waals surface area (Å²) in [5, 5.41) is 10.8. The molecule has 1 unspecified atom stereocenters. The molecule has 2 N–H and O–H groups in total. The molecule has 3 atom stereocenters. The fourth-order valence-electron chi connectivity index (χ4n) is 3.86. The van der Waals surface area contributed by atoms with Crippen molar-refractivity contribution < 1.29 is 9.59 Å². The predicted molar refractivity (Wildman–Crippen MR) is 101 cm³/mol. The first-order chi connectivity index (χ1) is 13.0. The van der Waals surface area contributed by atoms with Crippen LogP contribution in [0.15, 0.2) is 23.1 Å². The van der Waals surface area contributed by atoms with Crippen LogP contribution in [-0.4, -0.2) is 38.5 Å². The van der Waals surface area contributed by atoms with Crippen LogP contribution in [0, 0.1) is 12.8 Å². The van der Waals surface area contributed by atoms with E-state index in [4.69, 9.17) is 0 Å². The summed E-state index contributed by atoms with van der Waals surface area (Å²) in [6.07, 6.45) is 9.34. The van der Waals surface area contributed by atoms with Crippen molar-refractivity contribution in [3.63, 3.8) is 0 Å². The highest BCUT2D eigenvalue weighted by Gasteiger charge is 2.35. The topological polar surface area (TPSA) is 105 Å². The van der Waals surface area contributed by atoms with Gasteiger partial charge in [0.05, 0.1) is 12.1 Å². The van der Waals surface area contributed by atoms with Gasteiger partial charge in [0.1, 0.15) is 10.6 Å². The number of fused-ring (bicyclic) bond motifs is 1. The standard InChI is InChI=1S/C18H21N5O3S/c1-10-22-23-17(26)12(9-19-18(23)27-10)16(25)20-13-7-8-14(24)21-15(13)11-5-3-2-4-6-11/h2-3,9,11,13,15H,4-8H2,1H3,(H,20,25)(H,21,24)/t11?,13-,15+/m1/s1. The van der Waals surface area contributed by atoms with Crippen LogP contribution in [-0.2, 0) is 4.79 Å². The van der Waals surface area contributed by atoms with Crippen molar-refractivity contribution in [1.82, 2.24) is 25.2 Å². The Kier molecular flexibility index (Phi) is 4.77. The van der Waals surface area contributed by atoms with Gasteiger partial charge in [0, 0.05) is 12.6 Å². The summed E-state index contributed by atoms with van der Waals surface area (Å²) in [6.45, 7) is 1.78. The van der Waals surface area contributed by atoms with Gasteiger partial charge in [-0.2, -0.15) is 9.61 Å². The monoisotopic (exact) mass is 387 g/mol. The Hall–Kier alpha value is -2.55. The van der Waals surface area contributed by atoms with Gasteiger partial charge in [0.15, 0.2) is 0 Å². The first kappa shape index (κ1) is 17.8. The Morgan fingerprint density at radius 3 is 2.96 bits per heavy atom. The summed E-state index contributed by atoms with van der Waals surface area (Å²) >= 11 is 1.30. The van der Waals surface area contributed by atoms with Crippen LogP contribution in [0.25, 0.3) is 4.96 Å². The smallest absolute Gasteiger partial charge is 0.288 e. The molecule has 8 nitrogen and oxygen atoms in total. The summed E-state index contributed by atoms with van der Waals surface area (Å²) in [4.78, 5) is 41.9. The normalized spacial score (nSPS) is 25.4. The number of carbonyl (C=O) groups excluding carboxylic acids is 2. The number of hydrogen-bond donors (Lipinski definition) is 2. The minimum Gasteiger partial charge on any atom is -0.351 e. The number of piperidine rings is 1. The second kappa shape index (κ2) is 7.22. The summed E-state index contributed by atoms with van der Waals surface area (Å²) in [6, 6.07) is -0.329. The molecule has 0 spiro atoms. The maximum atomic E-state index is 12.8. The third-order valence-electron chi connectivity index (χ3n) is 5.21. The van der Waals surface area contributed by atoms with Crippen LogP contribution in [0.1, 0.15) is 47.5 Å². The van der Waals surface area contributed by atoms with E-state index in [9.17, 15) is 14.4 Å². The molecule has 4 rings (SSSR count). The number of rotatable bonds is 3. The zero-order chi connectivity index (χ0) is 19.0. The van der Waals surface area contributed by atoms with E-state index < -0.39 is 11.5 Å². The highest BCUT2D eigenvalue weighted by atomic mass is 32.1. The molecule has 1 aliphatic carbocycles. The van der Waals surface area contributed by atoms with Gasteiger partial charge in [-0.1, -0.05) is 23.5 Å². The lowest BCUT2D eigenvalue weighted by atomic mass is 9.81. The van der Waals surface area contributed by atoms with Crippen molar-refractivity contribution in [2.75, 3.05) is 0 Å². The van der Waals surface area contributed by atoms with E-state index >= 15 is 0 Å². The van der Waals surface area contributed by atoms with Gasteiger partial charge in [-0.25, -0.2) is 4.98 Å². The number of hydrogen-bond acceptors (Lipinski definition) is 6. The molecule has 0 saturated carbocycles. The molecule has 0 radical (unpaired) electrons. The number of allylic oxidation sites excluding steroid dienone is 2. The predicted octanol–water partition coefficient (Wildman–Crippen LogP) is 1.19. The molecule has 2 aromatic rings. The molecule has 2 amide bonds. The molecule has 2 aromatic heterocycles. The van der Waals surface area contributed by atoms with Gasteiger partial charge in [0.25, 0.3) is 11.5 Å². The lowest BCUT2D eigenvalue weighted by Crippen LogP contribution is -2.58. The van der Waals surface area contributed by atoms with Crippen LogP contribution >= 0.6 is 11.3 Å². The van der Waals surface area contributed by atoms with Gasteiger partial charge in [-0.05, 0) is 38.5 Å². The van der Waals surface area contributed by atoms with Crippen LogP contribution in [0.3, 0.4) is 0 Å². The molecule has 1 saturated heterocycles. The number of aryl methyl sites for hydroxylation is 1. The average Bonchev–Trinajstić information content (AvgIpc) is 3.05. The van der Waals surface area contributed by atoms with E-state index in [0.29, 0.717) is 22.8 Å². The fraction of sp³-hybridized carbons (Fsp3) is 0.500. The minimum atomic E-state index is -0.473. The van der Waals surface area contributed by atoms with Crippen molar-refractivity contribution in [3.05, 3.63) is 39.3 Å². The van der Waals surface area contributed by atoms with E-state index in [2.05, 4.69) is 32.9 Å². The molecule has 0 bridgehead atoms. The zero-order valence-electron chi connectivity index (χ0n) is 15.0. The second-order valence-electron chi connectivity index (χ2n) is 7.05. The Labute approximate surface area is 159 Å². The summed E-state index contributed by atoms with van der Waals surface area (Å²) in [5.74, 6) is -0.168. The molecule has 0 aromatic carbocycles. The third kappa shape index (κ3) is 3.51. The average molecular weight is 387 g/mol. The zero-order valence-corrected chi connectivity index (χ0v) is 15.8. The molecule has 1 fully saturated rings. The number of nitrogens with one attached hydrogen (secondary N) is 2. The molecule has 9 heteroatoms. The number of nitrogens with zero attached hydrogens (tertiary/aromatic N) is 3. The van der Waals surface area contributed by atoms with Gasteiger partial charge >= 0.3 is 0 Å². The maximum absolute atomic E-state index is 12.8. The van der Waals surface area contributed by atoms with E-state index in [0.717, 1.165) is 19.3 Å². The van der Waals surface area contributed by atoms with Gasteiger partial charge in [-0.15, -0.1) is 0 Å². The Balaban J connectivity index is 1.57. The van der Waals surface area contributed by atoms with Crippen molar-refractivity contribution >= 4 is 28.1 Å².